The van der Waals surface area contributed by atoms with Gasteiger partial charge in [0.2, 0.25) is 0 Å². The van der Waals surface area contributed by atoms with E-state index >= 15 is 0 Å². The topological polar surface area (TPSA) is 57.7 Å². The van der Waals surface area contributed by atoms with Crippen molar-refractivity contribution >= 4 is 27.3 Å². The molecule has 0 unspecified atom stereocenters. The molecule has 3 rings (SSSR count). The summed E-state index contributed by atoms with van der Waals surface area (Å²) < 4.78 is 27.3. The van der Waals surface area contributed by atoms with Gasteiger partial charge in [0.1, 0.15) is 0 Å². The molecule has 0 N–H and O–H groups in total. The van der Waals surface area contributed by atoms with Crippen molar-refractivity contribution in [3.8, 4) is 0 Å². The van der Waals surface area contributed by atoms with Crippen LogP contribution < -0.4 is 9.21 Å². The number of carbonyl (C=O) groups is 1. The minimum Gasteiger partial charge on any atom is -0.311 e. The van der Waals surface area contributed by atoms with E-state index in [1.54, 1.807) is 66.5 Å². The summed E-state index contributed by atoms with van der Waals surface area (Å²) in [7, 11) is -2.04. The molecule has 3 aromatic carbocycles. The lowest BCUT2D eigenvalue weighted by Gasteiger charge is -2.23. The first-order chi connectivity index (χ1) is 13.9. The molecule has 1 amide bonds. The average molecular weight is 407 g/mol. The molecule has 0 aromatic heterocycles. The molecule has 0 atom stereocenters. The number of amides is 1. The van der Waals surface area contributed by atoms with Gasteiger partial charge >= 0.3 is 0 Å². The second-order valence-corrected chi connectivity index (χ2v) is 8.25. The smallest absolute Gasteiger partial charge is 0.264 e. The number of para-hydroxylation sites is 1. The van der Waals surface area contributed by atoms with Gasteiger partial charge in [0.15, 0.2) is 0 Å². The number of benzene rings is 3. The highest BCUT2D eigenvalue weighted by Crippen LogP contribution is 2.25. The SMILES string of the molecule is C=CCN(c1ccc(C(=O)N(C)c2ccccc2)cc1)S(=O)(=O)c1ccccc1. The summed E-state index contributed by atoms with van der Waals surface area (Å²) in [5.41, 5.74) is 1.71. The summed E-state index contributed by atoms with van der Waals surface area (Å²) >= 11 is 0. The molecule has 6 heteroatoms. The highest BCUT2D eigenvalue weighted by Gasteiger charge is 2.24. The Bertz CT molecular complexity index is 1080. The Morgan fingerprint density at radius 2 is 1.41 bits per heavy atom. The molecule has 0 aliphatic carbocycles. The molecule has 3 aromatic rings. The fraction of sp³-hybridized carbons (Fsp3) is 0.0870. The van der Waals surface area contributed by atoms with Crippen LogP contribution in [0.4, 0.5) is 11.4 Å². The first-order valence-electron chi connectivity index (χ1n) is 9.07. The summed E-state index contributed by atoms with van der Waals surface area (Å²) in [6.07, 6.45) is 1.53. The van der Waals surface area contributed by atoms with E-state index < -0.39 is 10.0 Å². The van der Waals surface area contributed by atoms with Gasteiger partial charge in [0.05, 0.1) is 17.1 Å². The molecule has 0 spiro atoms. The maximum Gasteiger partial charge on any atom is 0.264 e. The van der Waals surface area contributed by atoms with Gasteiger partial charge in [-0.2, -0.15) is 0 Å². The van der Waals surface area contributed by atoms with Crippen molar-refractivity contribution in [3.05, 3.63) is 103 Å². The van der Waals surface area contributed by atoms with Crippen LogP contribution in [-0.4, -0.2) is 27.9 Å². The van der Waals surface area contributed by atoms with Gasteiger partial charge in [0.25, 0.3) is 15.9 Å². The molecule has 0 fully saturated rings. The van der Waals surface area contributed by atoms with E-state index in [-0.39, 0.29) is 17.3 Å². The van der Waals surface area contributed by atoms with Crippen LogP contribution in [0, 0.1) is 0 Å². The van der Waals surface area contributed by atoms with Crippen LogP contribution in [0.3, 0.4) is 0 Å². The van der Waals surface area contributed by atoms with Crippen molar-refractivity contribution < 1.29 is 13.2 Å². The zero-order valence-electron chi connectivity index (χ0n) is 16.1. The fourth-order valence-electron chi connectivity index (χ4n) is 2.91. The van der Waals surface area contributed by atoms with Crippen molar-refractivity contribution in [2.75, 3.05) is 22.8 Å². The third-order valence-corrected chi connectivity index (χ3v) is 6.28. The predicted molar refractivity (Wildman–Crippen MR) is 117 cm³/mol. The summed E-state index contributed by atoms with van der Waals surface area (Å²) in [6.45, 7) is 3.79. The van der Waals surface area contributed by atoms with Crippen LogP contribution in [0.15, 0.2) is 102 Å². The lowest BCUT2D eigenvalue weighted by Crippen LogP contribution is -2.31. The Morgan fingerprint density at radius 3 is 1.97 bits per heavy atom. The molecule has 29 heavy (non-hydrogen) atoms. The van der Waals surface area contributed by atoms with Gasteiger partial charge in [-0.15, -0.1) is 6.58 Å². The summed E-state index contributed by atoms with van der Waals surface area (Å²) in [4.78, 5) is 14.5. The second-order valence-electron chi connectivity index (χ2n) is 6.38. The molecule has 0 radical (unpaired) electrons. The van der Waals surface area contributed by atoms with Crippen LogP contribution in [0.5, 0.6) is 0 Å². The first kappa shape index (κ1) is 20.4. The Kier molecular flexibility index (Phi) is 6.14. The van der Waals surface area contributed by atoms with E-state index in [1.165, 1.54) is 10.4 Å². The zero-order chi connectivity index (χ0) is 20.9. The van der Waals surface area contributed by atoms with Crippen molar-refractivity contribution in [1.29, 1.82) is 0 Å². The average Bonchev–Trinajstić information content (AvgIpc) is 2.77. The second kappa shape index (κ2) is 8.75. The maximum atomic E-state index is 13.0. The zero-order valence-corrected chi connectivity index (χ0v) is 16.9. The van der Waals surface area contributed by atoms with Crippen LogP contribution in [0.2, 0.25) is 0 Å². The van der Waals surface area contributed by atoms with E-state index in [1.807, 2.05) is 30.3 Å². The maximum absolute atomic E-state index is 13.0. The molecule has 0 aliphatic rings. The molecule has 0 saturated carbocycles. The Morgan fingerprint density at radius 1 is 0.862 bits per heavy atom. The normalized spacial score (nSPS) is 10.9. The predicted octanol–water partition coefficient (Wildman–Crippen LogP) is 4.34. The van der Waals surface area contributed by atoms with Crippen molar-refractivity contribution in [2.24, 2.45) is 0 Å². The number of carbonyl (C=O) groups excluding carboxylic acids is 1. The standard InChI is InChI=1S/C23H22N2O3S/c1-3-18-25(29(27,28)22-12-8-5-9-13-22)21-16-14-19(15-17-21)23(26)24(2)20-10-6-4-7-11-20/h3-17H,1,18H2,2H3. The Balaban J connectivity index is 1.89. The van der Waals surface area contributed by atoms with Gasteiger partial charge in [-0.1, -0.05) is 42.5 Å². The van der Waals surface area contributed by atoms with Crippen molar-refractivity contribution in [1.82, 2.24) is 0 Å². The largest absolute Gasteiger partial charge is 0.311 e. The number of hydrogen-bond acceptors (Lipinski definition) is 3. The van der Waals surface area contributed by atoms with Gasteiger partial charge < -0.3 is 4.90 Å². The number of nitrogens with zero attached hydrogens (tertiary/aromatic N) is 2. The molecule has 0 heterocycles. The minimum absolute atomic E-state index is 0.119. The quantitative estimate of drug-likeness (QED) is 0.548. The molecule has 0 saturated heterocycles. The molecular weight excluding hydrogens is 384 g/mol. The lowest BCUT2D eigenvalue weighted by molar-refractivity contribution is 0.0993. The minimum atomic E-state index is -3.74. The number of rotatable bonds is 7. The number of sulfonamides is 1. The van der Waals surface area contributed by atoms with Gasteiger partial charge in [-0.05, 0) is 48.5 Å². The number of hydrogen-bond donors (Lipinski definition) is 0. The molecule has 0 aliphatic heterocycles. The lowest BCUT2D eigenvalue weighted by atomic mass is 10.1. The molecular formula is C23H22N2O3S. The fourth-order valence-corrected chi connectivity index (χ4v) is 4.37. The monoisotopic (exact) mass is 406 g/mol. The van der Waals surface area contributed by atoms with Crippen molar-refractivity contribution in [2.45, 2.75) is 4.90 Å². The number of anilines is 2. The van der Waals surface area contributed by atoms with Gasteiger partial charge in [0, 0.05) is 18.3 Å². The van der Waals surface area contributed by atoms with E-state index in [0.717, 1.165) is 5.69 Å². The van der Waals surface area contributed by atoms with Crippen LogP contribution >= 0.6 is 0 Å². The van der Waals surface area contributed by atoms with Crippen molar-refractivity contribution in [3.63, 3.8) is 0 Å². The highest BCUT2D eigenvalue weighted by molar-refractivity contribution is 7.92. The highest BCUT2D eigenvalue weighted by atomic mass is 32.2. The first-order valence-corrected chi connectivity index (χ1v) is 10.5. The van der Waals surface area contributed by atoms with Gasteiger partial charge in [-0.25, -0.2) is 8.42 Å². The summed E-state index contributed by atoms with van der Waals surface area (Å²) in [5, 5.41) is 0. The van der Waals surface area contributed by atoms with Crippen LogP contribution in [-0.2, 0) is 10.0 Å². The molecule has 0 bridgehead atoms. The van der Waals surface area contributed by atoms with Crippen LogP contribution in [0.25, 0.3) is 0 Å². The molecule has 5 nitrogen and oxygen atoms in total. The third kappa shape index (κ3) is 4.38. The van der Waals surface area contributed by atoms with Gasteiger partial charge in [-0.3, -0.25) is 9.10 Å². The van der Waals surface area contributed by atoms with E-state index in [4.69, 9.17) is 0 Å². The van der Waals surface area contributed by atoms with E-state index in [0.29, 0.717) is 11.3 Å². The molecule has 148 valence electrons. The summed E-state index contributed by atoms with van der Waals surface area (Å²) in [6, 6.07) is 24.1. The third-order valence-electron chi connectivity index (χ3n) is 4.48. The Labute approximate surface area is 171 Å². The Hall–Kier alpha value is -3.38. The van der Waals surface area contributed by atoms with Crippen LogP contribution in [0.1, 0.15) is 10.4 Å². The van der Waals surface area contributed by atoms with E-state index in [9.17, 15) is 13.2 Å². The summed E-state index contributed by atoms with van der Waals surface area (Å²) in [5.74, 6) is -0.177. The van der Waals surface area contributed by atoms with E-state index in [2.05, 4.69) is 6.58 Å².